The average molecular weight is 421 g/mol. The van der Waals surface area contributed by atoms with Crippen LogP contribution < -0.4 is 10.2 Å². The van der Waals surface area contributed by atoms with Crippen LogP contribution >= 0.6 is 0 Å². The average Bonchev–Trinajstić information content (AvgIpc) is 2.93. The monoisotopic (exact) mass is 420 g/mol. The molecule has 0 aliphatic carbocycles. The molecule has 0 fully saturated rings. The minimum atomic E-state index is -0.545. The molecule has 1 unspecified atom stereocenters. The molecular formula is C25H28N2O4. The Morgan fingerprint density at radius 3 is 2.35 bits per heavy atom. The van der Waals surface area contributed by atoms with Crippen LogP contribution in [0.15, 0.2) is 66.4 Å². The molecule has 31 heavy (non-hydrogen) atoms. The molecule has 162 valence electrons. The van der Waals surface area contributed by atoms with E-state index in [1.807, 2.05) is 60.5 Å². The molecule has 6 nitrogen and oxygen atoms in total. The smallest absolute Gasteiger partial charge is 0.308 e. The van der Waals surface area contributed by atoms with Gasteiger partial charge in [-0.1, -0.05) is 62.4 Å². The molecule has 1 amide bonds. The molecule has 6 heteroatoms. The standard InChI is InChI=1S/C25H28N2O4/c1-17(28)26-21(18-10-6-5-7-11-18)15-24(30)31-16-19(29)14-23-25(2,3)20-12-8-9-13-22(20)27(23)4/h5-14,21H,15-16H2,1-4H3,(H,26,28). The number of ether oxygens (including phenoxy) is 1. The number of carbonyl (C=O) groups excluding carboxylic acids is 3. The molecule has 2 aromatic rings. The van der Waals surface area contributed by atoms with E-state index >= 15 is 0 Å². The molecule has 1 N–H and O–H groups in total. The van der Waals surface area contributed by atoms with Crippen LogP contribution in [0.3, 0.4) is 0 Å². The number of benzene rings is 2. The van der Waals surface area contributed by atoms with Crippen LogP contribution in [0, 0.1) is 0 Å². The number of carbonyl (C=O) groups is 3. The normalized spacial score (nSPS) is 16.5. The largest absolute Gasteiger partial charge is 0.457 e. The van der Waals surface area contributed by atoms with Gasteiger partial charge >= 0.3 is 5.97 Å². The Bertz CT molecular complexity index is 1010. The Morgan fingerprint density at radius 1 is 1.06 bits per heavy atom. The maximum absolute atomic E-state index is 12.6. The molecule has 1 aliphatic heterocycles. The van der Waals surface area contributed by atoms with E-state index in [-0.39, 0.29) is 30.1 Å². The summed E-state index contributed by atoms with van der Waals surface area (Å²) in [6, 6.07) is 16.7. The van der Waals surface area contributed by atoms with Gasteiger partial charge in [-0.15, -0.1) is 0 Å². The van der Waals surface area contributed by atoms with Crippen molar-refractivity contribution in [3.63, 3.8) is 0 Å². The molecule has 0 saturated carbocycles. The van der Waals surface area contributed by atoms with Crippen LogP contribution in [0.25, 0.3) is 0 Å². The number of esters is 1. The zero-order valence-corrected chi connectivity index (χ0v) is 18.3. The Hall–Kier alpha value is -3.41. The molecule has 0 spiro atoms. The van der Waals surface area contributed by atoms with Gasteiger partial charge in [0.2, 0.25) is 5.91 Å². The van der Waals surface area contributed by atoms with E-state index < -0.39 is 12.0 Å². The molecular weight excluding hydrogens is 392 g/mol. The number of nitrogens with zero attached hydrogens (tertiary/aromatic N) is 1. The third-order valence-corrected chi connectivity index (χ3v) is 5.56. The number of amides is 1. The van der Waals surface area contributed by atoms with Gasteiger partial charge in [-0.2, -0.15) is 0 Å². The minimum absolute atomic E-state index is 0.0513. The summed E-state index contributed by atoms with van der Waals surface area (Å²) in [5, 5.41) is 2.76. The number of hydrogen-bond acceptors (Lipinski definition) is 5. The molecule has 2 aromatic carbocycles. The summed E-state index contributed by atoms with van der Waals surface area (Å²) in [6.45, 7) is 5.19. The number of allylic oxidation sites excluding steroid dienone is 1. The molecule has 1 atom stereocenters. The van der Waals surface area contributed by atoms with Crippen molar-refractivity contribution in [3.05, 3.63) is 77.5 Å². The fourth-order valence-electron chi connectivity index (χ4n) is 4.01. The van der Waals surface area contributed by atoms with Crippen molar-refractivity contribution in [3.8, 4) is 0 Å². The SMILES string of the molecule is CC(=O)NC(CC(=O)OCC(=O)C=C1N(C)c2ccccc2C1(C)C)c1ccccc1. The van der Waals surface area contributed by atoms with Crippen molar-refractivity contribution in [2.45, 2.75) is 38.6 Å². The van der Waals surface area contributed by atoms with E-state index in [9.17, 15) is 14.4 Å². The fourth-order valence-corrected chi connectivity index (χ4v) is 4.01. The topological polar surface area (TPSA) is 75.7 Å². The molecule has 3 rings (SSSR count). The number of anilines is 1. The van der Waals surface area contributed by atoms with Crippen molar-refractivity contribution >= 4 is 23.3 Å². The van der Waals surface area contributed by atoms with Gasteiger partial charge in [0, 0.05) is 36.8 Å². The summed E-state index contributed by atoms with van der Waals surface area (Å²) in [5.41, 5.74) is 3.54. The van der Waals surface area contributed by atoms with Crippen LogP contribution in [0.2, 0.25) is 0 Å². The maximum Gasteiger partial charge on any atom is 0.308 e. The van der Waals surface area contributed by atoms with Gasteiger partial charge in [-0.3, -0.25) is 14.4 Å². The fraction of sp³-hybridized carbons (Fsp3) is 0.320. The second-order valence-electron chi connectivity index (χ2n) is 8.23. The number of nitrogens with one attached hydrogen (secondary N) is 1. The first-order chi connectivity index (χ1) is 14.7. The predicted octanol–water partition coefficient (Wildman–Crippen LogP) is 3.68. The molecule has 1 aliphatic rings. The van der Waals surface area contributed by atoms with Gasteiger partial charge in [0.15, 0.2) is 12.4 Å². The highest BCUT2D eigenvalue weighted by Crippen LogP contribution is 2.46. The summed E-state index contributed by atoms with van der Waals surface area (Å²) < 4.78 is 5.23. The van der Waals surface area contributed by atoms with Crippen molar-refractivity contribution in [2.75, 3.05) is 18.6 Å². The van der Waals surface area contributed by atoms with Gasteiger partial charge in [0.1, 0.15) is 0 Å². The lowest BCUT2D eigenvalue weighted by atomic mass is 9.83. The lowest BCUT2D eigenvalue weighted by Crippen LogP contribution is -2.29. The third-order valence-electron chi connectivity index (χ3n) is 5.56. The first-order valence-corrected chi connectivity index (χ1v) is 10.3. The predicted molar refractivity (Wildman–Crippen MR) is 120 cm³/mol. The highest BCUT2D eigenvalue weighted by Gasteiger charge is 2.38. The Balaban J connectivity index is 1.64. The highest BCUT2D eigenvalue weighted by atomic mass is 16.5. The molecule has 0 aromatic heterocycles. The van der Waals surface area contributed by atoms with Crippen LogP contribution in [0.5, 0.6) is 0 Å². The second kappa shape index (κ2) is 9.16. The van der Waals surface area contributed by atoms with Gasteiger partial charge in [-0.05, 0) is 17.2 Å². The lowest BCUT2D eigenvalue weighted by molar-refractivity contribution is -0.147. The number of ketones is 1. The molecule has 0 saturated heterocycles. The summed E-state index contributed by atoms with van der Waals surface area (Å²) in [5.74, 6) is -1.07. The van der Waals surface area contributed by atoms with E-state index in [1.165, 1.54) is 6.92 Å². The lowest BCUT2D eigenvalue weighted by Gasteiger charge is -2.24. The number of hydrogen-bond donors (Lipinski definition) is 1. The third kappa shape index (κ3) is 5.02. The van der Waals surface area contributed by atoms with Crippen molar-refractivity contribution in [1.82, 2.24) is 5.32 Å². The van der Waals surface area contributed by atoms with Gasteiger partial charge in [-0.25, -0.2) is 0 Å². The van der Waals surface area contributed by atoms with Crippen LogP contribution in [0.4, 0.5) is 5.69 Å². The first kappa shape index (κ1) is 22.3. The number of fused-ring (bicyclic) bond motifs is 1. The molecule has 0 bridgehead atoms. The van der Waals surface area contributed by atoms with Crippen LogP contribution in [-0.2, 0) is 24.5 Å². The summed E-state index contributed by atoms with van der Waals surface area (Å²) in [7, 11) is 1.93. The summed E-state index contributed by atoms with van der Waals surface area (Å²) in [6.07, 6.45) is 1.50. The van der Waals surface area contributed by atoms with Crippen molar-refractivity contribution in [1.29, 1.82) is 0 Å². The maximum atomic E-state index is 12.6. The minimum Gasteiger partial charge on any atom is -0.457 e. The van der Waals surface area contributed by atoms with E-state index in [1.54, 1.807) is 6.08 Å². The summed E-state index contributed by atoms with van der Waals surface area (Å²) >= 11 is 0. The molecule has 1 heterocycles. The zero-order valence-electron chi connectivity index (χ0n) is 18.3. The van der Waals surface area contributed by atoms with E-state index in [0.717, 1.165) is 22.5 Å². The number of rotatable bonds is 7. The number of para-hydroxylation sites is 1. The van der Waals surface area contributed by atoms with Crippen LogP contribution in [0.1, 0.15) is 44.4 Å². The van der Waals surface area contributed by atoms with E-state index in [2.05, 4.69) is 25.2 Å². The van der Waals surface area contributed by atoms with Gasteiger partial charge in [0.05, 0.1) is 12.5 Å². The zero-order chi connectivity index (χ0) is 22.6. The molecule has 0 radical (unpaired) electrons. The number of likely N-dealkylation sites (N-methyl/N-ethyl adjacent to an activating group) is 1. The quantitative estimate of drug-likeness (QED) is 0.546. The van der Waals surface area contributed by atoms with Crippen LogP contribution in [-0.4, -0.2) is 31.3 Å². The Labute approximate surface area is 182 Å². The van der Waals surface area contributed by atoms with Crippen molar-refractivity contribution in [2.24, 2.45) is 0 Å². The first-order valence-electron chi connectivity index (χ1n) is 10.3. The van der Waals surface area contributed by atoms with Gasteiger partial charge < -0.3 is 15.0 Å². The van der Waals surface area contributed by atoms with E-state index in [4.69, 9.17) is 4.74 Å². The second-order valence-corrected chi connectivity index (χ2v) is 8.23. The summed E-state index contributed by atoms with van der Waals surface area (Å²) in [4.78, 5) is 38.5. The highest BCUT2D eigenvalue weighted by molar-refractivity contribution is 5.94. The Kier molecular flexibility index (Phi) is 6.59. The Morgan fingerprint density at radius 2 is 1.71 bits per heavy atom. The van der Waals surface area contributed by atoms with Gasteiger partial charge in [0.25, 0.3) is 0 Å². The van der Waals surface area contributed by atoms with E-state index in [0.29, 0.717) is 0 Å². The van der Waals surface area contributed by atoms with Crippen molar-refractivity contribution < 1.29 is 19.1 Å².